The Bertz CT molecular complexity index is 990. The van der Waals surface area contributed by atoms with Gasteiger partial charge in [0.25, 0.3) is 0 Å². The number of amides is 1. The van der Waals surface area contributed by atoms with Crippen LogP contribution in [-0.4, -0.2) is 47.4 Å². The van der Waals surface area contributed by atoms with Crippen LogP contribution in [0.2, 0.25) is 0 Å². The van der Waals surface area contributed by atoms with Crippen molar-refractivity contribution in [1.29, 1.82) is 0 Å². The van der Waals surface area contributed by atoms with Gasteiger partial charge in [-0.05, 0) is 25.7 Å². The van der Waals surface area contributed by atoms with Gasteiger partial charge in [0.1, 0.15) is 0 Å². The van der Waals surface area contributed by atoms with Crippen molar-refractivity contribution in [2.45, 2.75) is 379 Å². The molecule has 412 valence electrons. The van der Waals surface area contributed by atoms with Crippen LogP contribution in [0.1, 0.15) is 367 Å². The molecule has 0 heterocycles. The molecule has 0 saturated heterocycles. The Labute approximate surface area is 432 Å². The fraction of sp³-hybridized carbons (Fsp3) is 0.968. The van der Waals surface area contributed by atoms with Crippen molar-refractivity contribution in [1.82, 2.24) is 5.32 Å². The number of hydrogen-bond acceptors (Lipinski definition) is 5. The molecule has 3 N–H and O–H groups in total. The number of esters is 1. The number of unbranched alkanes of at least 4 members (excludes halogenated alkanes) is 49. The summed E-state index contributed by atoms with van der Waals surface area (Å²) in [5.74, 6) is -0.00922. The van der Waals surface area contributed by atoms with Crippen molar-refractivity contribution in [3.8, 4) is 0 Å². The van der Waals surface area contributed by atoms with E-state index in [0.717, 1.165) is 38.5 Å². The standard InChI is InChI=1S/C63H125NO5/c1-3-5-7-9-11-13-15-33-37-41-45-49-53-57-63(68)69-58-54-50-46-42-38-35-32-30-28-26-24-22-20-18-16-17-19-21-23-25-27-29-31-34-36-40-44-48-52-56-62(67)64-60(59-65)61(66)55-51-47-43-39-14-12-10-8-6-4-2/h60-61,65-66H,3-59H2,1-2H3,(H,64,67). The van der Waals surface area contributed by atoms with E-state index in [1.165, 1.54) is 295 Å². The molecule has 0 aromatic carbocycles. The van der Waals surface area contributed by atoms with E-state index in [4.69, 9.17) is 4.74 Å². The van der Waals surface area contributed by atoms with Crippen molar-refractivity contribution >= 4 is 11.9 Å². The maximum absolute atomic E-state index is 12.4. The van der Waals surface area contributed by atoms with Crippen LogP contribution in [0.15, 0.2) is 0 Å². The van der Waals surface area contributed by atoms with Gasteiger partial charge in [0, 0.05) is 12.8 Å². The molecule has 0 aliphatic carbocycles. The fourth-order valence-corrected chi connectivity index (χ4v) is 10.3. The van der Waals surface area contributed by atoms with E-state index in [-0.39, 0.29) is 18.5 Å². The average Bonchev–Trinajstić information content (AvgIpc) is 3.35. The zero-order valence-electron chi connectivity index (χ0n) is 47.1. The van der Waals surface area contributed by atoms with E-state index >= 15 is 0 Å². The molecule has 1 amide bonds. The van der Waals surface area contributed by atoms with E-state index in [1.54, 1.807) is 0 Å². The number of rotatable bonds is 60. The minimum atomic E-state index is -0.658. The van der Waals surface area contributed by atoms with Crippen LogP contribution < -0.4 is 5.32 Å². The maximum atomic E-state index is 12.4. The van der Waals surface area contributed by atoms with Crippen LogP contribution >= 0.6 is 0 Å². The van der Waals surface area contributed by atoms with Gasteiger partial charge in [0.05, 0.1) is 25.4 Å². The molecule has 0 rings (SSSR count). The van der Waals surface area contributed by atoms with E-state index in [1.807, 2.05) is 0 Å². The second-order valence-corrected chi connectivity index (χ2v) is 22.1. The van der Waals surface area contributed by atoms with Gasteiger partial charge in [0.2, 0.25) is 5.91 Å². The molecule has 0 aromatic rings. The monoisotopic (exact) mass is 976 g/mol. The lowest BCUT2D eigenvalue weighted by atomic mass is 10.0. The van der Waals surface area contributed by atoms with Crippen LogP contribution in [0.3, 0.4) is 0 Å². The second-order valence-electron chi connectivity index (χ2n) is 22.1. The molecule has 2 unspecified atom stereocenters. The highest BCUT2D eigenvalue weighted by Gasteiger charge is 2.20. The van der Waals surface area contributed by atoms with Gasteiger partial charge in [-0.2, -0.15) is 0 Å². The molecule has 0 aliphatic rings. The van der Waals surface area contributed by atoms with E-state index in [0.29, 0.717) is 25.9 Å². The number of aliphatic hydroxyl groups excluding tert-OH is 2. The van der Waals surface area contributed by atoms with Crippen LogP contribution in [0.5, 0.6) is 0 Å². The number of hydrogen-bond donors (Lipinski definition) is 3. The number of carbonyl (C=O) groups excluding carboxylic acids is 2. The quantitative estimate of drug-likeness (QED) is 0.0417. The molecule has 0 aromatic heterocycles. The van der Waals surface area contributed by atoms with Crippen molar-refractivity contribution in [2.24, 2.45) is 0 Å². The molecule has 0 radical (unpaired) electrons. The summed E-state index contributed by atoms with van der Waals surface area (Å²) in [5.41, 5.74) is 0. The van der Waals surface area contributed by atoms with Crippen molar-refractivity contribution in [2.75, 3.05) is 13.2 Å². The highest BCUT2D eigenvalue weighted by Crippen LogP contribution is 2.19. The lowest BCUT2D eigenvalue weighted by Gasteiger charge is -2.22. The Balaban J connectivity index is 3.29. The first-order valence-electron chi connectivity index (χ1n) is 31.8. The summed E-state index contributed by atoms with van der Waals surface area (Å²) in [6.45, 7) is 4.97. The first-order chi connectivity index (χ1) is 34.0. The van der Waals surface area contributed by atoms with Gasteiger partial charge in [-0.25, -0.2) is 0 Å². The predicted octanol–water partition coefficient (Wildman–Crippen LogP) is 19.9. The van der Waals surface area contributed by atoms with Crippen molar-refractivity contribution < 1.29 is 24.5 Å². The van der Waals surface area contributed by atoms with Gasteiger partial charge >= 0.3 is 5.97 Å². The largest absolute Gasteiger partial charge is 0.466 e. The maximum Gasteiger partial charge on any atom is 0.305 e. The number of ether oxygens (including phenoxy) is 1. The Morgan fingerprint density at radius 1 is 0.348 bits per heavy atom. The zero-order valence-corrected chi connectivity index (χ0v) is 47.1. The predicted molar refractivity (Wildman–Crippen MR) is 301 cm³/mol. The van der Waals surface area contributed by atoms with Crippen LogP contribution in [-0.2, 0) is 14.3 Å². The van der Waals surface area contributed by atoms with Gasteiger partial charge in [-0.1, -0.05) is 328 Å². The molecule has 0 spiro atoms. The fourth-order valence-electron chi connectivity index (χ4n) is 10.3. The van der Waals surface area contributed by atoms with E-state index in [2.05, 4.69) is 19.2 Å². The minimum absolute atomic E-state index is 0.0217. The molecule has 0 saturated carbocycles. The third kappa shape index (κ3) is 56.0. The zero-order chi connectivity index (χ0) is 50.0. The molecule has 6 heteroatoms. The van der Waals surface area contributed by atoms with Gasteiger partial charge in [0.15, 0.2) is 0 Å². The van der Waals surface area contributed by atoms with Crippen LogP contribution in [0.25, 0.3) is 0 Å². The summed E-state index contributed by atoms with van der Waals surface area (Å²) in [6, 6.07) is -0.535. The van der Waals surface area contributed by atoms with E-state index in [9.17, 15) is 19.8 Å². The first-order valence-corrected chi connectivity index (χ1v) is 31.8. The Hall–Kier alpha value is -1.14. The molecule has 0 aliphatic heterocycles. The van der Waals surface area contributed by atoms with Gasteiger partial charge in [-0.3, -0.25) is 9.59 Å². The molecular weight excluding hydrogens is 851 g/mol. The topological polar surface area (TPSA) is 95.9 Å². The lowest BCUT2D eigenvalue weighted by molar-refractivity contribution is -0.143. The highest BCUT2D eigenvalue weighted by atomic mass is 16.5. The van der Waals surface area contributed by atoms with Crippen LogP contribution in [0.4, 0.5) is 0 Å². The van der Waals surface area contributed by atoms with Gasteiger partial charge < -0.3 is 20.3 Å². The lowest BCUT2D eigenvalue weighted by Crippen LogP contribution is -2.45. The highest BCUT2D eigenvalue weighted by molar-refractivity contribution is 5.76. The van der Waals surface area contributed by atoms with Crippen LogP contribution in [0, 0.1) is 0 Å². The molecule has 0 fully saturated rings. The third-order valence-electron chi connectivity index (χ3n) is 15.2. The summed E-state index contributed by atoms with van der Waals surface area (Å²) >= 11 is 0. The minimum Gasteiger partial charge on any atom is -0.466 e. The third-order valence-corrected chi connectivity index (χ3v) is 15.2. The van der Waals surface area contributed by atoms with E-state index < -0.39 is 12.1 Å². The normalized spacial score (nSPS) is 12.5. The summed E-state index contributed by atoms with van der Waals surface area (Å²) in [7, 11) is 0. The molecule has 69 heavy (non-hydrogen) atoms. The number of nitrogens with one attached hydrogen (secondary N) is 1. The summed E-state index contributed by atoms with van der Waals surface area (Å²) < 4.78 is 5.49. The number of carbonyl (C=O) groups is 2. The molecule has 6 nitrogen and oxygen atoms in total. The van der Waals surface area contributed by atoms with Crippen molar-refractivity contribution in [3.05, 3.63) is 0 Å². The Morgan fingerprint density at radius 2 is 0.594 bits per heavy atom. The average molecular weight is 977 g/mol. The SMILES string of the molecule is CCCCCCCCCCCCCCCC(=O)OCCCCCCCCCCCCCCCCCCCCCCCCCCCCCCCC(=O)NC(CO)C(O)CCCCCCCCCCCC. The Kier molecular flexibility index (Phi) is 58.4. The van der Waals surface area contributed by atoms with Gasteiger partial charge in [-0.15, -0.1) is 0 Å². The molecule has 0 bridgehead atoms. The van der Waals surface area contributed by atoms with Crippen molar-refractivity contribution in [3.63, 3.8) is 0 Å². The smallest absolute Gasteiger partial charge is 0.305 e. The number of aliphatic hydroxyl groups is 2. The summed E-state index contributed by atoms with van der Waals surface area (Å²) in [5, 5.41) is 23.2. The molecule has 2 atom stereocenters. The second kappa shape index (κ2) is 59.4. The summed E-state index contributed by atoms with van der Waals surface area (Å²) in [4.78, 5) is 24.5. The summed E-state index contributed by atoms with van der Waals surface area (Å²) in [6.07, 6.45) is 70.0. The molecular formula is C63H125NO5. The Morgan fingerprint density at radius 3 is 0.884 bits per heavy atom. The first kappa shape index (κ1) is 67.9.